The van der Waals surface area contributed by atoms with Crippen molar-refractivity contribution in [2.75, 3.05) is 6.61 Å². The highest BCUT2D eigenvalue weighted by atomic mass is 19.2. The van der Waals surface area contributed by atoms with E-state index in [1.165, 1.54) is 82.6 Å². The molecule has 0 amide bonds. The zero-order valence-corrected chi connectivity index (χ0v) is 24.3. The van der Waals surface area contributed by atoms with Gasteiger partial charge in [0, 0.05) is 5.56 Å². The summed E-state index contributed by atoms with van der Waals surface area (Å²) in [6, 6.07) is 19.6. The standard InChI is InChI=1S/C36H48F2O/c1-3-5-7-9-11-12-14-16-28-39-34-27-26-33(35(37)36(34)38)32-24-22-31(23-25-32)30-20-18-29(19-21-30)17-15-13-10-8-6-4-2/h18-27H,3-17,28H2,1-2H3. The van der Waals surface area contributed by atoms with E-state index in [1.807, 2.05) is 24.3 Å². The number of hydrogen-bond acceptors (Lipinski definition) is 1. The van der Waals surface area contributed by atoms with Gasteiger partial charge in [0.25, 0.3) is 0 Å². The van der Waals surface area contributed by atoms with Crippen LogP contribution in [0.1, 0.15) is 109 Å². The van der Waals surface area contributed by atoms with Crippen LogP contribution < -0.4 is 4.74 Å². The Morgan fingerprint density at radius 2 is 0.974 bits per heavy atom. The number of unbranched alkanes of at least 4 members (excludes halogenated alkanes) is 12. The molecule has 0 aliphatic rings. The van der Waals surface area contributed by atoms with Crippen molar-refractivity contribution in [3.63, 3.8) is 0 Å². The maximum Gasteiger partial charge on any atom is 0.201 e. The summed E-state index contributed by atoms with van der Waals surface area (Å²) in [5.41, 5.74) is 4.48. The lowest BCUT2D eigenvalue weighted by Gasteiger charge is -2.11. The van der Waals surface area contributed by atoms with Gasteiger partial charge < -0.3 is 4.74 Å². The van der Waals surface area contributed by atoms with E-state index in [4.69, 9.17) is 4.74 Å². The van der Waals surface area contributed by atoms with Crippen LogP contribution in [0.4, 0.5) is 8.78 Å². The third-order valence-corrected chi connectivity index (χ3v) is 7.60. The van der Waals surface area contributed by atoms with Crippen LogP contribution in [0.5, 0.6) is 5.75 Å². The van der Waals surface area contributed by atoms with Crippen molar-refractivity contribution in [3.8, 4) is 28.0 Å². The van der Waals surface area contributed by atoms with Gasteiger partial charge in [-0.05, 0) is 53.6 Å². The molecule has 0 spiro atoms. The summed E-state index contributed by atoms with van der Waals surface area (Å²) in [5.74, 6) is -1.76. The van der Waals surface area contributed by atoms with Crippen molar-refractivity contribution < 1.29 is 13.5 Å². The topological polar surface area (TPSA) is 9.23 Å². The predicted octanol–water partition coefficient (Wildman–Crippen LogP) is 11.7. The molecule has 0 N–H and O–H groups in total. The predicted molar refractivity (Wildman–Crippen MR) is 162 cm³/mol. The van der Waals surface area contributed by atoms with E-state index >= 15 is 0 Å². The first kappa shape index (κ1) is 30.9. The molecule has 0 aliphatic carbocycles. The second-order valence-corrected chi connectivity index (χ2v) is 10.9. The van der Waals surface area contributed by atoms with Gasteiger partial charge in [0.2, 0.25) is 5.82 Å². The number of benzene rings is 3. The Balaban J connectivity index is 1.48. The van der Waals surface area contributed by atoms with Crippen molar-refractivity contribution in [2.45, 2.75) is 110 Å². The third-order valence-electron chi connectivity index (χ3n) is 7.60. The molecule has 0 fully saturated rings. The van der Waals surface area contributed by atoms with Gasteiger partial charge in [-0.2, -0.15) is 4.39 Å². The number of hydrogen-bond donors (Lipinski definition) is 0. The van der Waals surface area contributed by atoms with Crippen LogP contribution in [0.15, 0.2) is 60.7 Å². The lowest BCUT2D eigenvalue weighted by molar-refractivity contribution is 0.285. The molecular formula is C36H48F2O. The summed E-state index contributed by atoms with van der Waals surface area (Å²) < 4.78 is 35.2. The fraction of sp³-hybridized carbons (Fsp3) is 0.500. The van der Waals surface area contributed by atoms with Crippen LogP contribution in [-0.2, 0) is 6.42 Å². The monoisotopic (exact) mass is 534 g/mol. The normalized spacial score (nSPS) is 11.2. The molecule has 0 saturated carbocycles. The molecule has 3 aromatic carbocycles. The first-order valence-electron chi connectivity index (χ1n) is 15.4. The molecule has 3 heteroatoms. The molecule has 0 atom stereocenters. The molecule has 0 unspecified atom stereocenters. The Morgan fingerprint density at radius 3 is 1.56 bits per heavy atom. The highest BCUT2D eigenvalue weighted by Gasteiger charge is 2.16. The van der Waals surface area contributed by atoms with Crippen molar-refractivity contribution >= 4 is 0 Å². The summed E-state index contributed by atoms with van der Waals surface area (Å²) in [4.78, 5) is 0. The molecule has 1 nitrogen and oxygen atoms in total. The molecule has 0 aliphatic heterocycles. The molecule has 0 saturated heterocycles. The van der Waals surface area contributed by atoms with Crippen molar-refractivity contribution in [1.82, 2.24) is 0 Å². The van der Waals surface area contributed by atoms with Crippen LogP contribution in [0.2, 0.25) is 0 Å². The van der Waals surface area contributed by atoms with E-state index < -0.39 is 11.6 Å². The molecule has 0 heterocycles. The minimum absolute atomic E-state index is 0.00290. The zero-order valence-electron chi connectivity index (χ0n) is 24.3. The second-order valence-electron chi connectivity index (χ2n) is 10.9. The average Bonchev–Trinajstić information content (AvgIpc) is 2.97. The summed E-state index contributed by atoms with van der Waals surface area (Å²) in [6.07, 6.45) is 18.4. The maximum atomic E-state index is 14.9. The van der Waals surface area contributed by atoms with E-state index in [0.29, 0.717) is 12.2 Å². The first-order valence-corrected chi connectivity index (χ1v) is 15.4. The Bertz CT molecular complexity index is 1070. The van der Waals surface area contributed by atoms with Crippen LogP contribution in [0, 0.1) is 11.6 Å². The molecule has 0 radical (unpaired) electrons. The third kappa shape index (κ3) is 10.4. The van der Waals surface area contributed by atoms with Crippen LogP contribution in [0.3, 0.4) is 0 Å². The Hall–Kier alpha value is -2.68. The van der Waals surface area contributed by atoms with E-state index in [-0.39, 0.29) is 11.3 Å². The van der Waals surface area contributed by atoms with Crippen molar-refractivity contribution in [2.24, 2.45) is 0 Å². The number of ether oxygens (including phenoxy) is 1. The number of halogens is 2. The van der Waals surface area contributed by atoms with Crippen LogP contribution in [0.25, 0.3) is 22.3 Å². The number of aryl methyl sites for hydroxylation is 1. The van der Waals surface area contributed by atoms with Gasteiger partial charge in [-0.3, -0.25) is 0 Å². The SMILES string of the molecule is CCCCCCCCCCOc1ccc(-c2ccc(-c3ccc(CCCCCCCC)cc3)cc2)c(F)c1F. The van der Waals surface area contributed by atoms with E-state index in [9.17, 15) is 8.78 Å². The molecule has 0 aromatic heterocycles. The molecule has 212 valence electrons. The first-order chi connectivity index (χ1) is 19.1. The van der Waals surface area contributed by atoms with Crippen LogP contribution in [-0.4, -0.2) is 6.61 Å². The quantitative estimate of drug-likeness (QED) is 0.139. The smallest absolute Gasteiger partial charge is 0.201 e. The second kappa shape index (κ2) is 17.8. The lowest BCUT2D eigenvalue weighted by atomic mass is 9.98. The number of rotatable bonds is 19. The Labute approximate surface area is 236 Å². The maximum absolute atomic E-state index is 14.9. The Kier molecular flexibility index (Phi) is 14.1. The van der Waals surface area contributed by atoms with E-state index in [2.05, 4.69) is 38.1 Å². The summed E-state index contributed by atoms with van der Waals surface area (Å²) in [7, 11) is 0. The molecule has 39 heavy (non-hydrogen) atoms. The van der Waals surface area contributed by atoms with Gasteiger partial charge in [0.1, 0.15) is 0 Å². The largest absolute Gasteiger partial charge is 0.490 e. The minimum atomic E-state index is -0.905. The van der Waals surface area contributed by atoms with E-state index in [1.54, 1.807) is 12.1 Å². The van der Waals surface area contributed by atoms with Gasteiger partial charge >= 0.3 is 0 Å². The molecular weight excluding hydrogens is 486 g/mol. The fourth-order valence-corrected chi connectivity index (χ4v) is 5.10. The van der Waals surface area contributed by atoms with Gasteiger partial charge in [-0.25, -0.2) is 4.39 Å². The Morgan fingerprint density at radius 1 is 0.487 bits per heavy atom. The highest BCUT2D eigenvalue weighted by molar-refractivity contribution is 5.71. The molecule has 3 aromatic rings. The minimum Gasteiger partial charge on any atom is -0.490 e. The van der Waals surface area contributed by atoms with Gasteiger partial charge in [0.05, 0.1) is 6.61 Å². The van der Waals surface area contributed by atoms with Gasteiger partial charge in [-0.1, -0.05) is 139 Å². The molecule has 3 rings (SSSR count). The van der Waals surface area contributed by atoms with Gasteiger partial charge in [0.15, 0.2) is 11.6 Å². The highest BCUT2D eigenvalue weighted by Crippen LogP contribution is 2.31. The average molecular weight is 535 g/mol. The van der Waals surface area contributed by atoms with Crippen molar-refractivity contribution in [1.29, 1.82) is 0 Å². The zero-order chi connectivity index (χ0) is 27.7. The van der Waals surface area contributed by atoms with Crippen molar-refractivity contribution in [3.05, 3.63) is 77.9 Å². The lowest BCUT2D eigenvalue weighted by Crippen LogP contribution is -2.01. The summed E-state index contributed by atoms with van der Waals surface area (Å²) in [5, 5.41) is 0. The van der Waals surface area contributed by atoms with Gasteiger partial charge in [-0.15, -0.1) is 0 Å². The summed E-state index contributed by atoms with van der Waals surface area (Å²) in [6.45, 7) is 4.88. The molecule has 0 bridgehead atoms. The summed E-state index contributed by atoms with van der Waals surface area (Å²) >= 11 is 0. The van der Waals surface area contributed by atoms with Crippen LogP contribution >= 0.6 is 0 Å². The fourth-order valence-electron chi connectivity index (χ4n) is 5.10. The van der Waals surface area contributed by atoms with E-state index in [0.717, 1.165) is 30.4 Å².